The van der Waals surface area contributed by atoms with Crippen LogP contribution in [0.1, 0.15) is 77.8 Å². The topological polar surface area (TPSA) is 162 Å². The first-order valence-corrected chi connectivity index (χ1v) is 18.5. The Hall–Kier alpha value is -4.30. The lowest BCUT2D eigenvalue weighted by molar-refractivity contribution is 0.0203. The van der Waals surface area contributed by atoms with Crippen molar-refractivity contribution in [1.29, 1.82) is 0 Å². The van der Waals surface area contributed by atoms with Gasteiger partial charge in [0.1, 0.15) is 22.8 Å². The minimum absolute atomic E-state index is 0.232. The van der Waals surface area contributed by atoms with E-state index in [9.17, 15) is 9.59 Å². The Morgan fingerprint density at radius 1 is 0.712 bits per heavy atom. The van der Waals surface area contributed by atoms with Crippen LogP contribution in [0.5, 0.6) is 0 Å². The second-order valence-electron chi connectivity index (χ2n) is 15.6. The van der Waals surface area contributed by atoms with Crippen molar-refractivity contribution in [3.63, 3.8) is 0 Å². The molecule has 4 N–H and O–H groups in total. The zero-order chi connectivity index (χ0) is 37.5. The highest BCUT2D eigenvalue weighted by Gasteiger charge is 2.29. The van der Waals surface area contributed by atoms with Gasteiger partial charge in [-0.15, -0.1) is 0 Å². The van der Waals surface area contributed by atoms with E-state index in [-0.39, 0.29) is 12.2 Å². The Bertz CT molecular complexity index is 1550. The summed E-state index contributed by atoms with van der Waals surface area (Å²) in [4.78, 5) is 41.5. The van der Waals surface area contributed by atoms with E-state index in [1.807, 2.05) is 72.1 Å². The fraction of sp³-hybridized carbons (Fsp3) is 0.632. The Balaban J connectivity index is 0.000000201. The maximum Gasteiger partial charge on any atom is 0.410 e. The predicted molar refractivity (Wildman–Crippen MR) is 204 cm³/mol. The smallest absolute Gasteiger partial charge is 0.410 e. The number of piperidine rings is 1. The Morgan fingerprint density at radius 3 is 1.67 bits per heavy atom. The quantitative estimate of drug-likeness (QED) is 0.428. The van der Waals surface area contributed by atoms with Gasteiger partial charge in [-0.1, -0.05) is 6.08 Å². The molecule has 0 saturated carbocycles. The van der Waals surface area contributed by atoms with Gasteiger partial charge in [-0.05, 0) is 77.9 Å². The zero-order valence-corrected chi connectivity index (χ0v) is 31.9. The van der Waals surface area contributed by atoms with E-state index in [0.29, 0.717) is 32.1 Å². The normalized spacial score (nSPS) is 19.0. The summed E-state index contributed by atoms with van der Waals surface area (Å²) in [6, 6.07) is 3.91. The molecule has 0 radical (unpaired) electrons. The standard InChI is InChI=1S/C19H30N4O3.C19H28N4O3/c2*1-19(2,3)26-18(24)23-6-4-14(5-7-23)15-13-21-17(12-16(15)20)22-8-10-25-11-9-22/h12-14H,4-11H2,1-3H3,(H2,20,21);4,12-13H,5-11H2,1-3H3,(H2,20,21). The van der Waals surface area contributed by atoms with Gasteiger partial charge in [0.05, 0.1) is 26.4 Å². The van der Waals surface area contributed by atoms with Crippen molar-refractivity contribution in [2.75, 3.05) is 100 Å². The Kier molecular flexibility index (Phi) is 12.7. The van der Waals surface area contributed by atoms with Crippen LogP contribution in [0.4, 0.5) is 32.6 Å². The SMILES string of the molecule is CC(C)(C)OC(=O)N1CC=C(c2cnc(N3CCOCC3)cc2N)CC1.CC(C)(C)OC(=O)N1CCC(c2cnc(N3CCOCC3)cc2N)CC1. The van der Waals surface area contributed by atoms with Crippen LogP contribution in [-0.4, -0.2) is 122 Å². The summed E-state index contributed by atoms with van der Waals surface area (Å²) >= 11 is 0. The highest BCUT2D eigenvalue weighted by Crippen LogP contribution is 2.34. The number of nitrogens with two attached hydrogens (primary N) is 2. The van der Waals surface area contributed by atoms with Gasteiger partial charge in [-0.25, -0.2) is 19.6 Å². The molecule has 0 aromatic carbocycles. The van der Waals surface area contributed by atoms with Gasteiger partial charge < -0.3 is 50.0 Å². The molecule has 0 atom stereocenters. The molecule has 0 spiro atoms. The fourth-order valence-electron chi connectivity index (χ4n) is 6.58. The summed E-state index contributed by atoms with van der Waals surface area (Å²) in [6.45, 7) is 20.0. The molecule has 2 amide bonds. The minimum Gasteiger partial charge on any atom is -0.444 e. The van der Waals surface area contributed by atoms with Crippen LogP contribution in [0.3, 0.4) is 0 Å². The van der Waals surface area contributed by atoms with Gasteiger partial charge in [-0.2, -0.15) is 0 Å². The van der Waals surface area contributed by atoms with Crippen LogP contribution in [0.25, 0.3) is 5.57 Å². The third kappa shape index (κ3) is 10.9. The van der Waals surface area contributed by atoms with Crippen LogP contribution < -0.4 is 21.3 Å². The average Bonchev–Trinajstić information content (AvgIpc) is 3.11. The number of ether oxygens (including phenoxy) is 4. The first-order chi connectivity index (χ1) is 24.7. The van der Waals surface area contributed by atoms with Crippen molar-refractivity contribution in [3.05, 3.63) is 41.7 Å². The van der Waals surface area contributed by atoms with E-state index in [2.05, 4.69) is 19.8 Å². The largest absolute Gasteiger partial charge is 0.444 e. The van der Waals surface area contributed by atoms with Gasteiger partial charge >= 0.3 is 12.2 Å². The van der Waals surface area contributed by atoms with Gasteiger partial charge in [0.25, 0.3) is 0 Å². The highest BCUT2D eigenvalue weighted by molar-refractivity contribution is 5.78. The number of nitrogen functional groups attached to an aromatic ring is 2. The van der Waals surface area contributed by atoms with Crippen molar-refractivity contribution in [3.8, 4) is 0 Å². The average molecular weight is 723 g/mol. The number of nitrogens with zero attached hydrogens (tertiary/aromatic N) is 6. The van der Waals surface area contributed by atoms with Crippen LogP contribution in [0.2, 0.25) is 0 Å². The lowest BCUT2D eigenvalue weighted by Gasteiger charge is -2.34. The molecule has 3 fully saturated rings. The highest BCUT2D eigenvalue weighted by atomic mass is 16.6. The number of anilines is 4. The van der Waals surface area contributed by atoms with E-state index in [1.165, 1.54) is 0 Å². The van der Waals surface area contributed by atoms with Gasteiger partial charge in [0.2, 0.25) is 0 Å². The molecular weight excluding hydrogens is 664 g/mol. The third-order valence-corrected chi connectivity index (χ3v) is 9.34. The maximum atomic E-state index is 12.2. The monoisotopic (exact) mass is 722 g/mol. The number of hydrogen-bond donors (Lipinski definition) is 2. The Labute approximate surface area is 308 Å². The van der Waals surface area contributed by atoms with Crippen molar-refractivity contribution >= 4 is 40.8 Å². The van der Waals surface area contributed by atoms with E-state index < -0.39 is 11.2 Å². The van der Waals surface area contributed by atoms with E-state index >= 15 is 0 Å². The fourth-order valence-corrected chi connectivity index (χ4v) is 6.58. The molecule has 14 nitrogen and oxygen atoms in total. The van der Waals surface area contributed by atoms with Crippen molar-refractivity contribution in [2.24, 2.45) is 0 Å². The Morgan fingerprint density at radius 2 is 1.21 bits per heavy atom. The third-order valence-electron chi connectivity index (χ3n) is 9.34. The molecule has 6 heterocycles. The lowest BCUT2D eigenvalue weighted by Crippen LogP contribution is -2.41. The second kappa shape index (κ2) is 17.0. The predicted octanol–water partition coefficient (Wildman–Crippen LogP) is 5.14. The first kappa shape index (κ1) is 38.9. The molecular formula is C38H58N8O6. The molecule has 6 rings (SSSR count). The summed E-state index contributed by atoms with van der Waals surface area (Å²) in [7, 11) is 0. The summed E-state index contributed by atoms with van der Waals surface area (Å²) < 4.78 is 21.7. The van der Waals surface area contributed by atoms with Crippen molar-refractivity contribution in [2.45, 2.75) is 77.9 Å². The van der Waals surface area contributed by atoms with E-state index in [1.54, 1.807) is 9.80 Å². The molecule has 2 aromatic rings. The lowest BCUT2D eigenvalue weighted by atomic mass is 9.89. The van der Waals surface area contributed by atoms with Crippen LogP contribution in [0.15, 0.2) is 30.6 Å². The summed E-state index contributed by atoms with van der Waals surface area (Å²) in [5.41, 5.74) is 16.4. The summed E-state index contributed by atoms with van der Waals surface area (Å²) in [5.74, 6) is 2.14. The molecule has 4 aliphatic heterocycles. The van der Waals surface area contributed by atoms with Crippen LogP contribution >= 0.6 is 0 Å². The number of morpholine rings is 2. The number of aromatic nitrogens is 2. The minimum atomic E-state index is -0.481. The molecule has 0 unspecified atom stereocenters. The zero-order valence-electron chi connectivity index (χ0n) is 31.9. The van der Waals surface area contributed by atoms with Crippen LogP contribution in [-0.2, 0) is 18.9 Å². The van der Waals surface area contributed by atoms with E-state index in [0.717, 1.165) is 112 Å². The summed E-state index contributed by atoms with van der Waals surface area (Å²) in [6.07, 6.45) is 7.77. The maximum absolute atomic E-state index is 12.2. The number of carbonyl (C=O) groups excluding carboxylic acids is 2. The molecule has 3 saturated heterocycles. The van der Waals surface area contributed by atoms with Crippen LogP contribution in [0, 0.1) is 0 Å². The molecule has 0 bridgehead atoms. The number of likely N-dealkylation sites (tertiary alicyclic amines) is 1. The second-order valence-corrected chi connectivity index (χ2v) is 15.6. The van der Waals surface area contributed by atoms with Gasteiger partial charge in [-0.3, -0.25) is 0 Å². The molecule has 52 heavy (non-hydrogen) atoms. The van der Waals surface area contributed by atoms with Crippen molar-refractivity contribution in [1.82, 2.24) is 19.8 Å². The van der Waals surface area contributed by atoms with Gasteiger partial charge in [0, 0.05) is 93.8 Å². The summed E-state index contributed by atoms with van der Waals surface area (Å²) in [5, 5.41) is 0. The van der Waals surface area contributed by atoms with E-state index in [4.69, 9.17) is 30.4 Å². The molecule has 286 valence electrons. The molecule has 2 aromatic heterocycles. The number of rotatable bonds is 4. The number of hydrogen-bond acceptors (Lipinski definition) is 12. The number of amides is 2. The van der Waals surface area contributed by atoms with Crippen molar-refractivity contribution < 1.29 is 28.5 Å². The first-order valence-electron chi connectivity index (χ1n) is 18.5. The number of pyridine rings is 2. The molecule has 14 heteroatoms. The molecule has 0 aliphatic carbocycles. The molecule has 4 aliphatic rings. The number of carbonyl (C=O) groups is 2. The van der Waals surface area contributed by atoms with Gasteiger partial charge in [0.15, 0.2) is 0 Å².